The van der Waals surface area contributed by atoms with Gasteiger partial charge in [-0.15, -0.1) is 0 Å². The van der Waals surface area contributed by atoms with Crippen LogP contribution in [0.4, 0.5) is 13.2 Å². The van der Waals surface area contributed by atoms with E-state index in [1.807, 2.05) is 6.92 Å². The van der Waals surface area contributed by atoms with Crippen molar-refractivity contribution >= 4 is 5.91 Å². The highest BCUT2D eigenvalue weighted by molar-refractivity contribution is 5.84. The fourth-order valence-corrected chi connectivity index (χ4v) is 2.54. The zero-order valence-electron chi connectivity index (χ0n) is 12.1. The molecule has 20 heavy (non-hydrogen) atoms. The van der Waals surface area contributed by atoms with Crippen LogP contribution in [0.3, 0.4) is 0 Å². The van der Waals surface area contributed by atoms with Crippen molar-refractivity contribution in [2.24, 2.45) is 11.7 Å². The van der Waals surface area contributed by atoms with Crippen LogP contribution in [0.15, 0.2) is 0 Å². The van der Waals surface area contributed by atoms with E-state index in [0.29, 0.717) is 19.5 Å². The fraction of sp³-hybridized carbons (Fsp3) is 0.923. The van der Waals surface area contributed by atoms with Crippen LogP contribution in [-0.2, 0) is 4.79 Å². The number of nitrogens with two attached hydrogens (primary N) is 1. The second-order valence-electron chi connectivity index (χ2n) is 5.74. The topological polar surface area (TPSA) is 58.4 Å². The second kappa shape index (κ2) is 6.76. The molecule has 1 saturated heterocycles. The fourth-order valence-electron chi connectivity index (χ4n) is 2.54. The van der Waals surface area contributed by atoms with Gasteiger partial charge in [0.1, 0.15) is 5.54 Å². The zero-order valence-corrected chi connectivity index (χ0v) is 12.1. The van der Waals surface area contributed by atoms with Gasteiger partial charge in [0.15, 0.2) is 0 Å². The highest BCUT2D eigenvalue weighted by atomic mass is 19.4. The van der Waals surface area contributed by atoms with Crippen LogP contribution >= 0.6 is 0 Å². The molecule has 1 amide bonds. The predicted octanol–water partition coefficient (Wildman–Crippen LogP) is 1.50. The normalized spacial score (nSPS) is 24.4. The molecule has 0 saturated carbocycles. The molecular formula is C13H24F3N3O. The summed E-state index contributed by atoms with van der Waals surface area (Å²) in [6.45, 7) is 4.95. The van der Waals surface area contributed by atoms with Crippen LogP contribution in [0, 0.1) is 5.92 Å². The summed E-state index contributed by atoms with van der Waals surface area (Å²) in [6, 6.07) is 0. The Balaban J connectivity index is 2.66. The molecule has 1 aliphatic rings. The van der Waals surface area contributed by atoms with Crippen LogP contribution in [0.1, 0.15) is 33.1 Å². The largest absolute Gasteiger partial charge is 0.393 e. The van der Waals surface area contributed by atoms with E-state index in [9.17, 15) is 18.0 Å². The lowest BCUT2D eigenvalue weighted by Gasteiger charge is -2.39. The third-order valence-electron chi connectivity index (χ3n) is 3.82. The van der Waals surface area contributed by atoms with Gasteiger partial charge in [-0.1, -0.05) is 6.92 Å². The Bertz CT molecular complexity index is 335. The number of carbonyl (C=O) groups is 1. The Morgan fingerprint density at radius 3 is 2.60 bits per heavy atom. The quantitative estimate of drug-likeness (QED) is 0.781. The molecule has 7 heteroatoms. The molecule has 0 bridgehead atoms. The van der Waals surface area contributed by atoms with Crippen LogP contribution < -0.4 is 11.1 Å². The minimum atomic E-state index is -4.17. The number of carbonyl (C=O) groups excluding carboxylic acids is 1. The Labute approximate surface area is 117 Å². The third kappa shape index (κ3) is 4.63. The highest BCUT2D eigenvalue weighted by Gasteiger charge is 2.43. The molecule has 4 nitrogen and oxygen atoms in total. The maximum absolute atomic E-state index is 12.8. The first-order valence-corrected chi connectivity index (χ1v) is 7.03. The minimum Gasteiger partial charge on any atom is -0.368 e. The molecule has 1 aliphatic heterocycles. The van der Waals surface area contributed by atoms with E-state index in [2.05, 4.69) is 5.32 Å². The first-order valence-electron chi connectivity index (χ1n) is 7.03. The van der Waals surface area contributed by atoms with Gasteiger partial charge in [-0.05, 0) is 39.3 Å². The Kier molecular flexibility index (Phi) is 5.82. The lowest BCUT2D eigenvalue weighted by molar-refractivity contribution is -0.187. The molecule has 1 heterocycles. The molecule has 0 spiro atoms. The van der Waals surface area contributed by atoms with Crippen molar-refractivity contribution in [1.29, 1.82) is 0 Å². The average molecular weight is 295 g/mol. The maximum Gasteiger partial charge on any atom is 0.393 e. The molecule has 0 aromatic rings. The van der Waals surface area contributed by atoms with E-state index >= 15 is 0 Å². The molecule has 2 atom stereocenters. The number of primary amides is 1. The van der Waals surface area contributed by atoms with Crippen LogP contribution in [-0.4, -0.2) is 48.7 Å². The van der Waals surface area contributed by atoms with E-state index < -0.39 is 23.5 Å². The second-order valence-corrected chi connectivity index (χ2v) is 5.74. The van der Waals surface area contributed by atoms with Gasteiger partial charge in [0.2, 0.25) is 5.91 Å². The minimum absolute atomic E-state index is 0.0554. The SMILES string of the molecule is CCCNC(C)(CN1CCCC(C(F)(F)F)C1)C(N)=O. The number of likely N-dealkylation sites (tertiary alicyclic amines) is 1. The number of halogens is 3. The van der Waals surface area contributed by atoms with Gasteiger partial charge >= 0.3 is 6.18 Å². The Morgan fingerprint density at radius 2 is 2.10 bits per heavy atom. The van der Waals surface area contributed by atoms with Crippen molar-refractivity contribution in [3.63, 3.8) is 0 Å². The van der Waals surface area contributed by atoms with E-state index in [-0.39, 0.29) is 19.5 Å². The molecule has 2 unspecified atom stereocenters. The highest BCUT2D eigenvalue weighted by Crippen LogP contribution is 2.33. The van der Waals surface area contributed by atoms with Crippen molar-refractivity contribution in [2.45, 2.75) is 44.8 Å². The number of amides is 1. The molecule has 0 aromatic carbocycles. The molecule has 0 radical (unpaired) electrons. The van der Waals surface area contributed by atoms with Gasteiger partial charge in [-0.2, -0.15) is 13.2 Å². The number of nitrogens with zero attached hydrogens (tertiary/aromatic N) is 1. The van der Waals surface area contributed by atoms with Crippen molar-refractivity contribution < 1.29 is 18.0 Å². The molecule has 0 aromatic heterocycles. The van der Waals surface area contributed by atoms with Gasteiger partial charge in [-0.3, -0.25) is 4.79 Å². The summed E-state index contributed by atoms with van der Waals surface area (Å²) in [5, 5.41) is 3.05. The smallest absolute Gasteiger partial charge is 0.368 e. The van der Waals surface area contributed by atoms with Gasteiger partial charge in [-0.25, -0.2) is 0 Å². The molecule has 3 N–H and O–H groups in total. The van der Waals surface area contributed by atoms with E-state index in [0.717, 1.165) is 6.42 Å². The van der Waals surface area contributed by atoms with Crippen molar-refractivity contribution in [3.8, 4) is 0 Å². The Morgan fingerprint density at radius 1 is 1.45 bits per heavy atom. The van der Waals surface area contributed by atoms with Crippen LogP contribution in [0.2, 0.25) is 0 Å². The number of piperidine rings is 1. The number of rotatable bonds is 6. The summed E-state index contributed by atoms with van der Waals surface area (Å²) >= 11 is 0. The number of alkyl halides is 3. The van der Waals surface area contributed by atoms with Crippen molar-refractivity contribution in [1.82, 2.24) is 10.2 Å². The van der Waals surface area contributed by atoms with Gasteiger partial charge < -0.3 is 16.0 Å². The van der Waals surface area contributed by atoms with E-state index in [4.69, 9.17) is 5.73 Å². The first kappa shape index (κ1) is 17.2. The third-order valence-corrected chi connectivity index (χ3v) is 3.82. The predicted molar refractivity (Wildman–Crippen MR) is 71.1 cm³/mol. The maximum atomic E-state index is 12.8. The molecule has 1 fully saturated rings. The molecule has 1 rings (SSSR count). The van der Waals surface area contributed by atoms with Crippen molar-refractivity contribution in [3.05, 3.63) is 0 Å². The van der Waals surface area contributed by atoms with Crippen LogP contribution in [0.25, 0.3) is 0 Å². The van der Waals surface area contributed by atoms with Gasteiger partial charge in [0.25, 0.3) is 0 Å². The number of hydrogen-bond acceptors (Lipinski definition) is 3. The molecular weight excluding hydrogens is 271 g/mol. The molecule has 0 aliphatic carbocycles. The van der Waals surface area contributed by atoms with Gasteiger partial charge in [0.05, 0.1) is 5.92 Å². The zero-order chi connectivity index (χ0) is 15.4. The number of nitrogens with one attached hydrogen (secondary N) is 1. The summed E-state index contributed by atoms with van der Waals surface area (Å²) in [7, 11) is 0. The molecule has 118 valence electrons. The summed E-state index contributed by atoms with van der Waals surface area (Å²) in [4.78, 5) is 13.3. The average Bonchev–Trinajstić information content (AvgIpc) is 2.35. The Hall–Kier alpha value is -0.820. The summed E-state index contributed by atoms with van der Waals surface area (Å²) in [5.41, 5.74) is 4.42. The standard InChI is InChI=1S/C13H24F3N3O/c1-3-6-18-12(2,11(17)20)9-19-7-4-5-10(8-19)13(14,15)16/h10,18H,3-9H2,1-2H3,(H2,17,20). The first-order chi connectivity index (χ1) is 9.19. The van der Waals surface area contributed by atoms with E-state index in [1.165, 1.54) is 0 Å². The number of hydrogen-bond donors (Lipinski definition) is 2. The summed E-state index contributed by atoms with van der Waals surface area (Å²) < 4.78 is 38.3. The summed E-state index contributed by atoms with van der Waals surface area (Å²) in [5.74, 6) is -1.83. The van der Waals surface area contributed by atoms with E-state index in [1.54, 1.807) is 11.8 Å². The summed E-state index contributed by atoms with van der Waals surface area (Å²) in [6.07, 6.45) is -2.69. The van der Waals surface area contributed by atoms with Crippen LogP contribution in [0.5, 0.6) is 0 Å². The monoisotopic (exact) mass is 295 g/mol. The lowest BCUT2D eigenvalue weighted by Crippen LogP contribution is -2.61. The lowest BCUT2D eigenvalue weighted by atomic mass is 9.94. The van der Waals surface area contributed by atoms with Gasteiger partial charge in [0, 0.05) is 13.1 Å². The van der Waals surface area contributed by atoms with Crippen molar-refractivity contribution in [2.75, 3.05) is 26.2 Å².